The first-order chi connectivity index (χ1) is 14.6. The number of nitrogens with one attached hydrogen (secondary N) is 1. The molecular formula is C22H32IN5O3. The fraction of sp³-hybridized carbons (Fsp3) is 0.545. The van der Waals surface area contributed by atoms with E-state index >= 15 is 0 Å². The van der Waals surface area contributed by atoms with Crippen LogP contribution in [0.4, 0.5) is 0 Å². The minimum absolute atomic E-state index is 0. The zero-order valence-corrected chi connectivity index (χ0v) is 21.0. The Morgan fingerprint density at radius 1 is 1.26 bits per heavy atom. The molecule has 0 amide bonds. The summed E-state index contributed by atoms with van der Waals surface area (Å²) in [6, 6.07) is 6.19. The average Bonchev–Trinajstić information content (AvgIpc) is 3.32. The SMILES string of the molecule is CN=C(NCc1cc2c(cc1OC)CC(C)O2)N1CCN(Cc2cc(C)on2)CC1.I. The Morgan fingerprint density at radius 2 is 2.03 bits per heavy atom. The molecule has 31 heavy (non-hydrogen) atoms. The molecule has 2 aliphatic rings. The topological polar surface area (TPSA) is 75.4 Å². The number of hydrogen-bond acceptors (Lipinski definition) is 6. The Hall–Kier alpha value is -2.01. The van der Waals surface area contributed by atoms with E-state index in [9.17, 15) is 0 Å². The Morgan fingerprint density at radius 3 is 2.68 bits per heavy atom. The van der Waals surface area contributed by atoms with E-state index in [1.54, 1.807) is 7.11 Å². The lowest BCUT2D eigenvalue weighted by Gasteiger charge is -2.36. The molecule has 0 radical (unpaired) electrons. The van der Waals surface area contributed by atoms with Crippen LogP contribution in [0.5, 0.6) is 11.5 Å². The van der Waals surface area contributed by atoms with Crippen molar-refractivity contribution in [1.29, 1.82) is 0 Å². The van der Waals surface area contributed by atoms with Crippen molar-refractivity contribution in [3.05, 3.63) is 40.8 Å². The third-order valence-corrected chi connectivity index (χ3v) is 5.68. The Balaban J connectivity index is 0.00000272. The van der Waals surface area contributed by atoms with Gasteiger partial charge in [0.2, 0.25) is 0 Å². The number of fused-ring (bicyclic) bond motifs is 1. The van der Waals surface area contributed by atoms with Gasteiger partial charge in [-0.1, -0.05) is 5.16 Å². The Kier molecular flexibility index (Phi) is 8.04. The van der Waals surface area contributed by atoms with Crippen LogP contribution in [0.1, 0.15) is 29.5 Å². The van der Waals surface area contributed by atoms with E-state index < -0.39 is 0 Å². The number of aliphatic imine (C=N–C) groups is 1. The summed E-state index contributed by atoms with van der Waals surface area (Å²) in [4.78, 5) is 9.18. The second-order valence-electron chi connectivity index (χ2n) is 8.00. The van der Waals surface area contributed by atoms with Crippen molar-refractivity contribution < 1.29 is 14.0 Å². The maximum absolute atomic E-state index is 5.92. The molecule has 1 N–H and O–H groups in total. The number of halogens is 1. The van der Waals surface area contributed by atoms with Crippen molar-refractivity contribution in [3.63, 3.8) is 0 Å². The van der Waals surface area contributed by atoms with E-state index in [2.05, 4.69) is 44.3 Å². The van der Waals surface area contributed by atoms with Crippen LogP contribution in [0, 0.1) is 6.92 Å². The van der Waals surface area contributed by atoms with Gasteiger partial charge >= 0.3 is 0 Å². The van der Waals surface area contributed by atoms with Crippen molar-refractivity contribution in [2.45, 2.75) is 39.5 Å². The summed E-state index contributed by atoms with van der Waals surface area (Å²) in [7, 11) is 3.55. The quantitative estimate of drug-likeness (QED) is 0.355. The number of rotatable bonds is 5. The normalized spacial score (nSPS) is 18.9. The highest BCUT2D eigenvalue weighted by Crippen LogP contribution is 2.34. The number of aromatic nitrogens is 1. The van der Waals surface area contributed by atoms with Crippen LogP contribution in [0.25, 0.3) is 0 Å². The average molecular weight is 541 g/mol. The van der Waals surface area contributed by atoms with E-state index in [0.717, 1.165) is 73.6 Å². The number of guanidine groups is 1. The van der Waals surface area contributed by atoms with Crippen molar-refractivity contribution in [2.75, 3.05) is 40.3 Å². The fourth-order valence-corrected chi connectivity index (χ4v) is 4.16. The highest BCUT2D eigenvalue weighted by molar-refractivity contribution is 14.0. The summed E-state index contributed by atoms with van der Waals surface area (Å²) >= 11 is 0. The molecule has 1 aromatic carbocycles. The van der Waals surface area contributed by atoms with Crippen LogP contribution in [-0.4, -0.2) is 67.4 Å². The van der Waals surface area contributed by atoms with Crippen LogP contribution in [0.2, 0.25) is 0 Å². The second kappa shape index (κ2) is 10.5. The van der Waals surface area contributed by atoms with Gasteiger partial charge in [-0.15, -0.1) is 24.0 Å². The maximum atomic E-state index is 5.92. The van der Waals surface area contributed by atoms with Crippen molar-refractivity contribution >= 4 is 29.9 Å². The van der Waals surface area contributed by atoms with Crippen LogP contribution in [0.3, 0.4) is 0 Å². The second-order valence-corrected chi connectivity index (χ2v) is 8.00. The van der Waals surface area contributed by atoms with Gasteiger partial charge in [0.25, 0.3) is 0 Å². The van der Waals surface area contributed by atoms with Gasteiger partial charge < -0.3 is 24.2 Å². The molecule has 0 spiro atoms. The van der Waals surface area contributed by atoms with Gasteiger partial charge in [-0.25, -0.2) is 0 Å². The number of benzene rings is 1. The first-order valence-corrected chi connectivity index (χ1v) is 10.5. The lowest BCUT2D eigenvalue weighted by Crippen LogP contribution is -2.52. The summed E-state index contributed by atoms with van der Waals surface area (Å²) < 4.78 is 16.7. The number of aryl methyl sites for hydroxylation is 1. The van der Waals surface area contributed by atoms with Gasteiger partial charge in [-0.2, -0.15) is 0 Å². The number of ether oxygens (including phenoxy) is 2. The summed E-state index contributed by atoms with van der Waals surface area (Å²) in [5, 5.41) is 7.60. The minimum Gasteiger partial charge on any atom is -0.496 e. The predicted octanol–water partition coefficient (Wildman–Crippen LogP) is 2.83. The Labute approximate surface area is 201 Å². The number of nitrogens with zero attached hydrogens (tertiary/aromatic N) is 4. The molecule has 2 aromatic rings. The largest absolute Gasteiger partial charge is 0.496 e. The fourth-order valence-electron chi connectivity index (χ4n) is 4.16. The standard InChI is InChI=1S/C22H31N5O3.HI/c1-15-9-17-11-20(28-4)18(12-21(17)29-15)13-24-22(23-3)27-7-5-26(6-8-27)14-19-10-16(2)30-25-19;/h10-12,15H,5-9,13-14H2,1-4H3,(H,23,24);1H. The molecule has 170 valence electrons. The minimum atomic E-state index is 0. The summed E-state index contributed by atoms with van der Waals surface area (Å²) in [5.41, 5.74) is 3.28. The van der Waals surface area contributed by atoms with Crippen LogP contribution >= 0.6 is 24.0 Å². The van der Waals surface area contributed by atoms with Gasteiger partial charge in [-0.05, 0) is 26.0 Å². The van der Waals surface area contributed by atoms with E-state index in [4.69, 9.17) is 14.0 Å². The molecule has 4 rings (SSSR count). The number of hydrogen-bond donors (Lipinski definition) is 1. The first-order valence-electron chi connectivity index (χ1n) is 10.5. The third-order valence-electron chi connectivity index (χ3n) is 5.68. The molecule has 1 unspecified atom stereocenters. The third kappa shape index (κ3) is 5.62. The summed E-state index contributed by atoms with van der Waals surface area (Å²) in [6.45, 7) is 9.22. The molecule has 9 heteroatoms. The zero-order valence-electron chi connectivity index (χ0n) is 18.7. The van der Waals surface area contributed by atoms with Crippen molar-refractivity contribution in [1.82, 2.24) is 20.3 Å². The number of piperazine rings is 1. The lowest BCUT2D eigenvalue weighted by molar-refractivity contribution is 0.169. The maximum Gasteiger partial charge on any atom is 0.194 e. The molecule has 2 aliphatic heterocycles. The highest BCUT2D eigenvalue weighted by Gasteiger charge is 2.23. The Bertz CT molecular complexity index is 909. The van der Waals surface area contributed by atoms with Gasteiger partial charge in [0.05, 0.1) is 12.8 Å². The molecule has 0 bridgehead atoms. The van der Waals surface area contributed by atoms with E-state index in [1.165, 1.54) is 5.56 Å². The van der Waals surface area contributed by atoms with E-state index in [1.807, 2.05) is 20.0 Å². The smallest absolute Gasteiger partial charge is 0.194 e. The molecule has 1 fully saturated rings. The molecule has 1 atom stereocenters. The van der Waals surface area contributed by atoms with Crippen LogP contribution in [-0.2, 0) is 19.5 Å². The van der Waals surface area contributed by atoms with Gasteiger partial charge in [0.15, 0.2) is 5.96 Å². The van der Waals surface area contributed by atoms with E-state index in [-0.39, 0.29) is 30.1 Å². The number of methoxy groups -OCH3 is 1. The van der Waals surface area contributed by atoms with Gasteiger partial charge in [0.1, 0.15) is 23.4 Å². The predicted molar refractivity (Wildman–Crippen MR) is 130 cm³/mol. The molecular weight excluding hydrogens is 509 g/mol. The molecule has 0 saturated carbocycles. The van der Waals surface area contributed by atoms with E-state index in [0.29, 0.717) is 6.54 Å². The van der Waals surface area contributed by atoms with Crippen LogP contribution < -0.4 is 14.8 Å². The van der Waals surface area contributed by atoms with Gasteiger partial charge in [-0.3, -0.25) is 9.89 Å². The first kappa shape index (κ1) is 23.6. The molecule has 1 saturated heterocycles. The zero-order chi connectivity index (χ0) is 21.1. The molecule has 8 nitrogen and oxygen atoms in total. The van der Waals surface area contributed by atoms with Crippen molar-refractivity contribution in [3.8, 4) is 11.5 Å². The molecule has 0 aliphatic carbocycles. The lowest BCUT2D eigenvalue weighted by atomic mass is 10.1. The summed E-state index contributed by atoms with van der Waals surface area (Å²) in [5.74, 6) is 3.62. The van der Waals surface area contributed by atoms with Gasteiger partial charge in [0, 0.05) is 69.9 Å². The van der Waals surface area contributed by atoms with Crippen molar-refractivity contribution in [2.24, 2.45) is 4.99 Å². The summed E-state index contributed by atoms with van der Waals surface area (Å²) in [6.07, 6.45) is 1.15. The molecule has 1 aromatic heterocycles. The molecule has 3 heterocycles. The monoisotopic (exact) mass is 541 g/mol. The highest BCUT2D eigenvalue weighted by atomic mass is 127. The van der Waals surface area contributed by atoms with Crippen LogP contribution in [0.15, 0.2) is 27.7 Å².